The van der Waals surface area contributed by atoms with Crippen molar-refractivity contribution in [2.45, 2.75) is 4.90 Å². The summed E-state index contributed by atoms with van der Waals surface area (Å²) >= 11 is 14.8. The Morgan fingerprint density at radius 2 is 1.94 bits per heavy atom. The van der Waals surface area contributed by atoms with Gasteiger partial charge >= 0.3 is 0 Å². The van der Waals surface area contributed by atoms with Crippen molar-refractivity contribution < 1.29 is 14.0 Å². The molecule has 32 heavy (non-hydrogen) atoms. The second-order valence-corrected chi connectivity index (χ2v) is 9.21. The van der Waals surface area contributed by atoms with Crippen LogP contribution < -0.4 is 10.6 Å². The molecule has 0 saturated heterocycles. The number of carbonyl (C=O) groups excluding carboxylic acids is 2. The highest BCUT2D eigenvalue weighted by Crippen LogP contribution is 2.32. The van der Waals surface area contributed by atoms with Crippen LogP contribution in [0.25, 0.3) is 11.3 Å². The fourth-order valence-corrected chi connectivity index (χ4v) is 4.71. The first kappa shape index (κ1) is 22.4. The van der Waals surface area contributed by atoms with E-state index in [4.69, 9.17) is 27.6 Å². The van der Waals surface area contributed by atoms with Crippen LogP contribution in [0.2, 0.25) is 10.0 Å². The summed E-state index contributed by atoms with van der Waals surface area (Å²) < 4.78 is 5.09. The first-order chi connectivity index (χ1) is 15.5. The van der Waals surface area contributed by atoms with E-state index in [0.717, 1.165) is 10.5 Å². The van der Waals surface area contributed by atoms with Crippen molar-refractivity contribution in [3.8, 4) is 11.3 Å². The van der Waals surface area contributed by atoms with Crippen molar-refractivity contribution >= 4 is 68.9 Å². The number of thiazole rings is 1. The second-order valence-electron chi connectivity index (χ2n) is 6.46. The average molecular weight is 504 g/mol. The lowest BCUT2D eigenvalue weighted by Gasteiger charge is -2.06. The molecule has 4 rings (SSSR count). The van der Waals surface area contributed by atoms with E-state index in [0.29, 0.717) is 26.6 Å². The summed E-state index contributed by atoms with van der Waals surface area (Å²) in [6.07, 6.45) is 1.44. The van der Waals surface area contributed by atoms with Crippen molar-refractivity contribution in [3.63, 3.8) is 0 Å². The largest absolute Gasteiger partial charge is 0.459 e. The molecule has 0 saturated carbocycles. The fraction of sp³-hybridized carbons (Fsp3) is 0.0455. The number of halogens is 2. The van der Waals surface area contributed by atoms with Crippen LogP contribution >= 0.6 is 46.3 Å². The zero-order valence-electron chi connectivity index (χ0n) is 16.3. The van der Waals surface area contributed by atoms with Crippen LogP contribution in [-0.2, 0) is 4.79 Å². The van der Waals surface area contributed by atoms with Crippen LogP contribution in [0.5, 0.6) is 0 Å². The summed E-state index contributed by atoms with van der Waals surface area (Å²) in [5.41, 5.74) is 2.02. The Balaban J connectivity index is 1.32. The predicted molar refractivity (Wildman–Crippen MR) is 130 cm³/mol. The van der Waals surface area contributed by atoms with E-state index in [1.54, 1.807) is 48.5 Å². The van der Waals surface area contributed by atoms with E-state index in [1.165, 1.54) is 29.4 Å². The molecule has 4 aromatic rings. The van der Waals surface area contributed by atoms with Gasteiger partial charge in [-0.1, -0.05) is 29.3 Å². The predicted octanol–water partition coefficient (Wildman–Crippen LogP) is 6.69. The van der Waals surface area contributed by atoms with Crippen molar-refractivity contribution in [2.75, 3.05) is 16.4 Å². The van der Waals surface area contributed by atoms with Gasteiger partial charge in [0.2, 0.25) is 5.91 Å². The number of anilines is 2. The van der Waals surface area contributed by atoms with E-state index >= 15 is 0 Å². The van der Waals surface area contributed by atoms with E-state index < -0.39 is 0 Å². The van der Waals surface area contributed by atoms with Gasteiger partial charge in [0.05, 0.1) is 22.7 Å². The van der Waals surface area contributed by atoms with Crippen LogP contribution in [-0.4, -0.2) is 22.6 Å². The maximum atomic E-state index is 12.4. The van der Waals surface area contributed by atoms with Gasteiger partial charge < -0.3 is 15.1 Å². The Hall–Kier alpha value is -2.78. The number of hydrogen-bond acceptors (Lipinski definition) is 6. The maximum absolute atomic E-state index is 12.4. The summed E-state index contributed by atoms with van der Waals surface area (Å²) in [6, 6.07) is 15.6. The zero-order chi connectivity index (χ0) is 22.5. The first-order valence-corrected chi connectivity index (χ1v) is 11.9. The van der Waals surface area contributed by atoms with Gasteiger partial charge in [-0.3, -0.25) is 9.59 Å². The van der Waals surface area contributed by atoms with E-state index in [-0.39, 0.29) is 23.3 Å². The third-order valence-corrected chi connectivity index (χ3v) is 6.46. The van der Waals surface area contributed by atoms with Crippen LogP contribution in [0.3, 0.4) is 0 Å². The number of hydrogen-bond donors (Lipinski definition) is 2. The maximum Gasteiger partial charge on any atom is 0.291 e. The van der Waals surface area contributed by atoms with Gasteiger partial charge in [-0.25, -0.2) is 4.98 Å². The van der Waals surface area contributed by atoms with Crippen LogP contribution in [0.4, 0.5) is 10.8 Å². The van der Waals surface area contributed by atoms with Crippen LogP contribution in [0, 0.1) is 0 Å². The third-order valence-electron chi connectivity index (χ3n) is 4.16. The summed E-state index contributed by atoms with van der Waals surface area (Å²) in [5, 5.41) is 8.91. The standard InChI is InChI=1S/C22H15Cl2N3O3S2/c23-13-6-7-16(17(24)9-13)18-11-32-22(26-18)27-20(28)12-31-15-4-1-3-14(10-15)25-21(29)19-5-2-8-30-19/h1-11H,12H2,(H,25,29)(H,26,27,28). The first-order valence-electron chi connectivity index (χ1n) is 9.26. The highest BCUT2D eigenvalue weighted by molar-refractivity contribution is 8.00. The number of thioether (sulfide) groups is 1. The van der Waals surface area contributed by atoms with Crippen molar-refractivity contribution in [2.24, 2.45) is 0 Å². The Labute approximate surface area is 202 Å². The molecule has 0 aliphatic carbocycles. The van der Waals surface area contributed by atoms with Gasteiger partial charge in [-0.2, -0.15) is 0 Å². The number of rotatable bonds is 7. The Morgan fingerprint density at radius 3 is 2.72 bits per heavy atom. The molecule has 2 amide bonds. The minimum atomic E-state index is -0.338. The summed E-state index contributed by atoms with van der Waals surface area (Å²) in [4.78, 5) is 29.7. The lowest BCUT2D eigenvalue weighted by atomic mass is 10.2. The van der Waals surface area contributed by atoms with Gasteiger partial charge in [0.1, 0.15) is 0 Å². The average Bonchev–Trinajstić information content (AvgIpc) is 3.45. The van der Waals surface area contributed by atoms with Crippen molar-refractivity contribution in [3.05, 3.63) is 82.0 Å². The number of carbonyl (C=O) groups is 2. The monoisotopic (exact) mass is 503 g/mol. The number of benzene rings is 2. The molecule has 0 atom stereocenters. The summed E-state index contributed by atoms with van der Waals surface area (Å²) in [5.74, 6) is -0.116. The molecule has 162 valence electrons. The molecular weight excluding hydrogens is 489 g/mol. The van der Waals surface area contributed by atoms with E-state index in [2.05, 4.69) is 15.6 Å². The molecule has 10 heteroatoms. The molecular formula is C22H15Cl2N3O3S2. The van der Waals surface area contributed by atoms with Gasteiger partial charge in [-0.15, -0.1) is 23.1 Å². The topological polar surface area (TPSA) is 84.2 Å². The number of nitrogens with one attached hydrogen (secondary N) is 2. The SMILES string of the molecule is O=C(CSc1cccc(NC(=O)c2ccco2)c1)Nc1nc(-c2ccc(Cl)cc2Cl)cs1. The number of nitrogens with zero attached hydrogens (tertiary/aromatic N) is 1. The number of amides is 2. The van der Waals surface area contributed by atoms with Crippen LogP contribution in [0.15, 0.2) is 75.6 Å². The molecule has 0 aliphatic heterocycles. The summed E-state index contributed by atoms with van der Waals surface area (Å²) in [7, 11) is 0. The molecule has 2 N–H and O–H groups in total. The smallest absolute Gasteiger partial charge is 0.291 e. The van der Waals surface area contributed by atoms with Crippen molar-refractivity contribution in [1.82, 2.24) is 4.98 Å². The molecule has 0 unspecified atom stereocenters. The van der Waals surface area contributed by atoms with Gasteiger partial charge in [0.15, 0.2) is 10.9 Å². The lowest BCUT2D eigenvalue weighted by Crippen LogP contribution is -2.14. The Morgan fingerprint density at radius 1 is 1.06 bits per heavy atom. The quantitative estimate of drug-likeness (QED) is 0.274. The molecule has 6 nitrogen and oxygen atoms in total. The minimum Gasteiger partial charge on any atom is -0.459 e. The summed E-state index contributed by atoms with van der Waals surface area (Å²) in [6.45, 7) is 0. The fourth-order valence-electron chi connectivity index (χ4n) is 2.72. The molecule has 0 radical (unpaired) electrons. The van der Waals surface area contributed by atoms with Gasteiger partial charge in [0.25, 0.3) is 5.91 Å². The lowest BCUT2D eigenvalue weighted by molar-refractivity contribution is -0.113. The van der Waals surface area contributed by atoms with Crippen LogP contribution in [0.1, 0.15) is 10.6 Å². The van der Waals surface area contributed by atoms with Gasteiger partial charge in [-0.05, 0) is 48.5 Å². The normalized spacial score (nSPS) is 10.7. The molecule has 2 aromatic carbocycles. The number of aromatic nitrogens is 1. The molecule has 2 aromatic heterocycles. The van der Waals surface area contributed by atoms with Crippen molar-refractivity contribution in [1.29, 1.82) is 0 Å². The Bertz CT molecular complexity index is 1260. The molecule has 0 spiro atoms. The number of furan rings is 1. The molecule has 0 bridgehead atoms. The van der Waals surface area contributed by atoms with E-state index in [9.17, 15) is 9.59 Å². The molecule has 0 aliphatic rings. The molecule has 2 heterocycles. The van der Waals surface area contributed by atoms with Gasteiger partial charge in [0, 0.05) is 26.5 Å². The zero-order valence-corrected chi connectivity index (χ0v) is 19.4. The molecule has 0 fully saturated rings. The third kappa shape index (κ3) is 5.72. The Kier molecular flexibility index (Phi) is 7.16. The highest BCUT2D eigenvalue weighted by Gasteiger charge is 2.12. The highest BCUT2D eigenvalue weighted by atomic mass is 35.5. The second kappa shape index (κ2) is 10.2. The van der Waals surface area contributed by atoms with E-state index in [1.807, 2.05) is 11.4 Å². The minimum absolute atomic E-state index is 0.187.